The van der Waals surface area contributed by atoms with Gasteiger partial charge in [-0.15, -0.1) is 0 Å². The van der Waals surface area contributed by atoms with E-state index in [0.717, 1.165) is 19.3 Å². The molecule has 0 saturated heterocycles. The van der Waals surface area contributed by atoms with Crippen LogP contribution in [0.5, 0.6) is 0 Å². The summed E-state index contributed by atoms with van der Waals surface area (Å²) in [6.45, 7) is 6.19. The molecule has 3 atom stereocenters. The van der Waals surface area contributed by atoms with Gasteiger partial charge in [-0.3, -0.25) is 9.69 Å². The van der Waals surface area contributed by atoms with E-state index in [1.165, 1.54) is 19.3 Å². The van der Waals surface area contributed by atoms with Crippen LogP contribution in [-0.4, -0.2) is 34.6 Å². The highest BCUT2D eigenvalue weighted by Gasteiger charge is 2.41. The topological polar surface area (TPSA) is 40.5 Å². The van der Waals surface area contributed by atoms with Crippen molar-refractivity contribution in [1.82, 2.24) is 4.90 Å². The van der Waals surface area contributed by atoms with Crippen LogP contribution in [0.4, 0.5) is 0 Å². The summed E-state index contributed by atoms with van der Waals surface area (Å²) in [5.74, 6) is -0.0658. The molecule has 100 valence electrons. The van der Waals surface area contributed by atoms with E-state index in [-0.39, 0.29) is 0 Å². The first kappa shape index (κ1) is 14.5. The maximum atomic E-state index is 11.6. The van der Waals surface area contributed by atoms with E-state index in [1.807, 2.05) is 14.0 Å². The standard InChI is InChI=1S/C14H27NO2/c1-5-10-14(3,13(16)17)15(4)12-9-7-6-8-11(12)2/h11-12H,5-10H2,1-4H3,(H,16,17). The molecule has 0 spiro atoms. The minimum atomic E-state index is -0.703. The van der Waals surface area contributed by atoms with Crippen LogP contribution in [0.1, 0.15) is 59.3 Å². The smallest absolute Gasteiger partial charge is 0.323 e. The van der Waals surface area contributed by atoms with Crippen LogP contribution in [0, 0.1) is 5.92 Å². The van der Waals surface area contributed by atoms with Crippen LogP contribution in [0.2, 0.25) is 0 Å². The maximum Gasteiger partial charge on any atom is 0.323 e. The summed E-state index contributed by atoms with van der Waals surface area (Å²) in [5, 5.41) is 9.51. The van der Waals surface area contributed by atoms with Crippen LogP contribution in [0.3, 0.4) is 0 Å². The van der Waals surface area contributed by atoms with Crippen molar-refractivity contribution in [3.63, 3.8) is 0 Å². The molecule has 1 aliphatic rings. The number of carboxylic acids is 1. The molecule has 0 amide bonds. The molecule has 0 bridgehead atoms. The van der Waals surface area contributed by atoms with Crippen LogP contribution < -0.4 is 0 Å². The van der Waals surface area contributed by atoms with Crippen molar-refractivity contribution in [3.05, 3.63) is 0 Å². The van der Waals surface area contributed by atoms with Gasteiger partial charge >= 0.3 is 5.97 Å². The Morgan fingerprint density at radius 2 is 2.00 bits per heavy atom. The van der Waals surface area contributed by atoms with Crippen molar-refractivity contribution in [2.24, 2.45) is 5.92 Å². The third-order valence-corrected chi connectivity index (χ3v) is 4.54. The maximum absolute atomic E-state index is 11.6. The van der Waals surface area contributed by atoms with E-state index in [1.54, 1.807) is 0 Å². The molecule has 3 heteroatoms. The summed E-state index contributed by atoms with van der Waals surface area (Å²) in [5.41, 5.74) is -0.703. The fraction of sp³-hybridized carbons (Fsp3) is 0.929. The first-order valence-corrected chi connectivity index (χ1v) is 6.89. The summed E-state index contributed by atoms with van der Waals surface area (Å²) in [6, 6.07) is 0.427. The molecule has 1 N–H and O–H groups in total. The summed E-state index contributed by atoms with van der Waals surface area (Å²) < 4.78 is 0. The molecule has 17 heavy (non-hydrogen) atoms. The van der Waals surface area contributed by atoms with E-state index in [9.17, 15) is 9.90 Å². The summed E-state index contributed by atoms with van der Waals surface area (Å²) in [7, 11) is 2.00. The van der Waals surface area contributed by atoms with Gasteiger partial charge in [-0.1, -0.05) is 33.1 Å². The summed E-state index contributed by atoms with van der Waals surface area (Å²) in [6.07, 6.45) is 6.54. The van der Waals surface area contributed by atoms with Crippen LogP contribution in [0.25, 0.3) is 0 Å². The van der Waals surface area contributed by atoms with Gasteiger partial charge in [0.05, 0.1) is 0 Å². The van der Waals surface area contributed by atoms with Gasteiger partial charge in [-0.05, 0) is 39.2 Å². The molecule has 0 aromatic heterocycles. The predicted octanol–water partition coefficient (Wildman–Crippen LogP) is 3.14. The first-order chi connectivity index (χ1) is 7.93. The third-order valence-electron chi connectivity index (χ3n) is 4.54. The van der Waals surface area contributed by atoms with E-state index in [4.69, 9.17) is 0 Å². The normalized spacial score (nSPS) is 29.0. The van der Waals surface area contributed by atoms with Gasteiger partial charge in [0.25, 0.3) is 0 Å². The average Bonchev–Trinajstić information content (AvgIpc) is 2.28. The zero-order chi connectivity index (χ0) is 13.1. The highest BCUT2D eigenvalue weighted by molar-refractivity contribution is 5.78. The van der Waals surface area contributed by atoms with Crippen molar-refractivity contribution < 1.29 is 9.90 Å². The van der Waals surface area contributed by atoms with Crippen molar-refractivity contribution in [2.75, 3.05) is 7.05 Å². The fourth-order valence-electron chi connectivity index (χ4n) is 3.16. The second kappa shape index (κ2) is 5.85. The number of rotatable bonds is 5. The van der Waals surface area contributed by atoms with Gasteiger partial charge in [0.2, 0.25) is 0 Å². The van der Waals surface area contributed by atoms with Gasteiger partial charge < -0.3 is 5.11 Å². The minimum absolute atomic E-state index is 0.427. The van der Waals surface area contributed by atoms with Gasteiger partial charge in [0.15, 0.2) is 0 Å². The Morgan fingerprint density at radius 1 is 1.41 bits per heavy atom. The molecule has 0 heterocycles. The zero-order valence-corrected chi connectivity index (χ0v) is 11.7. The molecule has 3 nitrogen and oxygen atoms in total. The first-order valence-electron chi connectivity index (χ1n) is 6.89. The Kier molecular flexibility index (Phi) is 4.99. The largest absolute Gasteiger partial charge is 0.480 e. The SMILES string of the molecule is CCCC(C)(C(=O)O)N(C)C1CCCCC1C. The number of carbonyl (C=O) groups is 1. The second-order valence-corrected chi connectivity index (χ2v) is 5.77. The summed E-state index contributed by atoms with van der Waals surface area (Å²) in [4.78, 5) is 13.7. The Bertz CT molecular complexity index is 267. The van der Waals surface area contributed by atoms with Gasteiger partial charge in [-0.25, -0.2) is 0 Å². The lowest BCUT2D eigenvalue weighted by Crippen LogP contribution is -2.56. The van der Waals surface area contributed by atoms with Crippen molar-refractivity contribution in [1.29, 1.82) is 0 Å². The molecule has 1 saturated carbocycles. The van der Waals surface area contributed by atoms with Gasteiger partial charge in [0, 0.05) is 6.04 Å². The van der Waals surface area contributed by atoms with Crippen LogP contribution in [-0.2, 0) is 4.79 Å². The molecule has 3 unspecified atom stereocenters. The van der Waals surface area contributed by atoms with Crippen LogP contribution >= 0.6 is 0 Å². The zero-order valence-electron chi connectivity index (χ0n) is 11.7. The predicted molar refractivity (Wildman–Crippen MR) is 70.1 cm³/mol. The number of carboxylic acid groups (broad SMARTS) is 1. The molecule has 1 fully saturated rings. The Labute approximate surface area is 105 Å². The number of nitrogens with zero attached hydrogens (tertiary/aromatic N) is 1. The number of likely N-dealkylation sites (N-methyl/N-ethyl adjacent to an activating group) is 1. The molecule has 0 aromatic rings. The molecular weight excluding hydrogens is 214 g/mol. The lowest BCUT2D eigenvalue weighted by molar-refractivity contribution is -0.153. The molecule has 0 radical (unpaired) electrons. The van der Waals surface area contributed by atoms with E-state index in [2.05, 4.69) is 18.7 Å². The second-order valence-electron chi connectivity index (χ2n) is 5.77. The lowest BCUT2D eigenvalue weighted by Gasteiger charge is -2.44. The number of hydrogen-bond acceptors (Lipinski definition) is 2. The van der Waals surface area contributed by atoms with E-state index >= 15 is 0 Å². The van der Waals surface area contributed by atoms with Gasteiger partial charge in [0.1, 0.15) is 5.54 Å². The summed E-state index contributed by atoms with van der Waals surface area (Å²) >= 11 is 0. The average molecular weight is 241 g/mol. The molecule has 1 rings (SSSR count). The Morgan fingerprint density at radius 3 is 2.47 bits per heavy atom. The third kappa shape index (κ3) is 3.01. The van der Waals surface area contributed by atoms with E-state index < -0.39 is 11.5 Å². The van der Waals surface area contributed by atoms with Crippen molar-refractivity contribution >= 4 is 5.97 Å². The van der Waals surface area contributed by atoms with Crippen molar-refractivity contribution in [3.8, 4) is 0 Å². The quantitative estimate of drug-likeness (QED) is 0.804. The minimum Gasteiger partial charge on any atom is -0.480 e. The van der Waals surface area contributed by atoms with Gasteiger partial charge in [-0.2, -0.15) is 0 Å². The molecule has 0 aromatic carbocycles. The van der Waals surface area contributed by atoms with Crippen LogP contribution in [0.15, 0.2) is 0 Å². The highest BCUT2D eigenvalue weighted by Crippen LogP contribution is 2.33. The number of aliphatic carboxylic acids is 1. The highest BCUT2D eigenvalue weighted by atomic mass is 16.4. The number of hydrogen-bond donors (Lipinski definition) is 1. The molecule has 1 aliphatic carbocycles. The Hall–Kier alpha value is -0.570. The fourth-order valence-corrected chi connectivity index (χ4v) is 3.16. The lowest BCUT2D eigenvalue weighted by atomic mass is 9.81. The Balaban J connectivity index is 2.82. The molecular formula is C14H27NO2. The van der Waals surface area contributed by atoms with E-state index in [0.29, 0.717) is 12.0 Å². The van der Waals surface area contributed by atoms with Crippen molar-refractivity contribution in [2.45, 2.75) is 70.9 Å². The monoisotopic (exact) mass is 241 g/mol. The molecule has 0 aliphatic heterocycles.